The van der Waals surface area contributed by atoms with E-state index in [2.05, 4.69) is 54.4 Å². The van der Waals surface area contributed by atoms with Gasteiger partial charge in [-0.05, 0) is 60.8 Å². The third kappa shape index (κ3) is 5.01. The SMILES string of the molecule is C[C@@H](Oc1cccc2c1CCCC2)C(=O)NCc1nc(-c2ccc(C(C)(C)C)cc2)no1. The van der Waals surface area contributed by atoms with Gasteiger partial charge in [0.15, 0.2) is 6.10 Å². The molecule has 0 unspecified atom stereocenters. The Balaban J connectivity index is 1.34. The number of carbonyl (C=O) groups excluding carboxylic acids is 1. The number of amides is 1. The van der Waals surface area contributed by atoms with E-state index >= 15 is 0 Å². The number of aryl methyl sites for hydroxylation is 1. The van der Waals surface area contributed by atoms with Crippen molar-refractivity contribution in [1.82, 2.24) is 15.5 Å². The molecule has 4 rings (SSSR count). The fourth-order valence-electron chi connectivity index (χ4n) is 3.97. The maximum Gasteiger partial charge on any atom is 0.261 e. The Morgan fingerprint density at radius 1 is 1.12 bits per heavy atom. The van der Waals surface area contributed by atoms with E-state index in [0.717, 1.165) is 30.6 Å². The first-order valence-corrected chi connectivity index (χ1v) is 11.3. The first kappa shape index (κ1) is 22.1. The summed E-state index contributed by atoms with van der Waals surface area (Å²) in [6.45, 7) is 8.44. The van der Waals surface area contributed by atoms with Crippen molar-refractivity contribution < 1.29 is 14.1 Å². The number of rotatable bonds is 6. The van der Waals surface area contributed by atoms with Crippen molar-refractivity contribution in [3.63, 3.8) is 0 Å². The topological polar surface area (TPSA) is 77.2 Å². The first-order chi connectivity index (χ1) is 15.3. The van der Waals surface area contributed by atoms with E-state index in [9.17, 15) is 4.79 Å². The molecule has 0 saturated heterocycles. The second kappa shape index (κ2) is 9.15. The number of nitrogens with one attached hydrogen (secondary N) is 1. The maximum absolute atomic E-state index is 12.6. The molecular formula is C26H31N3O3. The van der Waals surface area contributed by atoms with Crippen LogP contribution in [0, 0.1) is 0 Å². The molecule has 0 radical (unpaired) electrons. The van der Waals surface area contributed by atoms with E-state index in [0.29, 0.717) is 11.7 Å². The van der Waals surface area contributed by atoms with Crippen LogP contribution < -0.4 is 10.1 Å². The number of ether oxygens (including phenoxy) is 1. The summed E-state index contributed by atoms with van der Waals surface area (Å²) in [5.74, 6) is 1.46. The third-order valence-corrected chi connectivity index (χ3v) is 5.92. The molecule has 6 nitrogen and oxygen atoms in total. The van der Waals surface area contributed by atoms with Crippen LogP contribution in [-0.2, 0) is 29.6 Å². The highest BCUT2D eigenvalue weighted by Crippen LogP contribution is 2.30. The second-order valence-corrected chi connectivity index (χ2v) is 9.42. The van der Waals surface area contributed by atoms with Crippen LogP contribution in [0.3, 0.4) is 0 Å². The lowest BCUT2D eigenvalue weighted by molar-refractivity contribution is -0.127. The zero-order valence-corrected chi connectivity index (χ0v) is 19.3. The van der Waals surface area contributed by atoms with Gasteiger partial charge in [0.2, 0.25) is 11.7 Å². The molecule has 1 aromatic heterocycles. The van der Waals surface area contributed by atoms with Gasteiger partial charge in [-0.25, -0.2) is 0 Å². The van der Waals surface area contributed by atoms with Crippen LogP contribution in [0.1, 0.15) is 63.1 Å². The highest BCUT2D eigenvalue weighted by molar-refractivity contribution is 5.80. The summed E-state index contributed by atoms with van der Waals surface area (Å²) < 4.78 is 11.3. The van der Waals surface area contributed by atoms with Gasteiger partial charge in [0.05, 0.1) is 6.54 Å². The predicted molar refractivity (Wildman–Crippen MR) is 123 cm³/mol. The van der Waals surface area contributed by atoms with Gasteiger partial charge in [-0.2, -0.15) is 4.98 Å². The summed E-state index contributed by atoms with van der Waals surface area (Å²) in [4.78, 5) is 17.0. The molecule has 1 aliphatic rings. The van der Waals surface area contributed by atoms with Gasteiger partial charge in [-0.3, -0.25) is 4.79 Å². The average Bonchev–Trinajstić information content (AvgIpc) is 3.26. The summed E-state index contributed by atoms with van der Waals surface area (Å²) >= 11 is 0. The van der Waals surface area contributed by atoms with Crippen molar-refractivity contribution in [2.24, 2.45) is 0 Å². The molecule has 0 bridgehead atoms. The number of hydrogen-bond acceptors (Lipinski definition) is 5. The van der Waals surface area contributed by atoms with E-state index in [-0.39, 0.29) is 17.9 Å². The Bertz CT molecular complexity index is 1080. The molecule has 3 aromatic rings. The minimum atomic E-state index is -0.615. The van der Waals surface area contributed by atoms with Crippen molar-refractivity contribution >= 4 is 5.91 Å². The fourth-order valence-corrected chi connectivity index (χ4v) is 3.97. The molecule has 1 amide bonds. The minimum Gasteiger partial charge on any atom is -0.481 e. The number of benzene rings is 2. The van der Waals surface area contributed by atoms with E-state index in [1.807, 2.05) is 24.3 Å². The Hall–Kier alpha value is -3.15. The van der Waals surface area contributed by atoms with Crippen LogP contribution in [-0.4, -0.2) is 22.2 Å². The lowest BCUT2D eigenvalue weighted by atomic mass is 9.87. The van der Waals surface area contributed by atoms with E-state index in [1.165, 1.54) is 23.1 Å². The van der Waals surface area contributed by atoms with Gasteiger partial charge < -0.3 is 14.6 Å². The Kier molecular flexibility index (Phi) is 6.31. The number of aromatic nitrogens is 2. The number of fused-ring (bicyclic) bond motifs is 1. The molecule has 32 heavy (non-hydrogen) atoms. The molecule has 1 heterocycles. The van der Waals surface area contributed by atoms with Crippen LogP contribution in [0.2, 0.25) is 0 Å². The largest absolute Gasteiger partial charge is 0.481 e. The minimum absolute atomic E-state index is 0.0863. The number of nitrogens with zero attached hydrogens (tertiary/aromatic N) is 2. The first-order valence-electron chi connectivity index (χ1n) is 11.3. The third-order valence-electron chi connectivity index (χ3n) is 5.92. The summed E-state index contributed by atoms with van der Waals surface area (Å²) in [6.07, 6.45) is 3.83. The van der Waals surface area contributed by atoms with Crippen LogP contribution >= 0.6 is 0 Å². The Labute approximate surface area is 189 Å². The lowest BCUT2D eigenvalue weighted by Gasteiger charge is -2.21. The van der Waals surface area contributed by atoms with Crippen molar-refractivity contribution in [2.75, 3.05) is 0 Å². The van der Waals surface area contributed by atoms with Crippen LogP contribution in [0.5, 0.6) is 5.75 Å². The van der Waals surface area contributed by atoms with Gasteiger partial charge in [0.25, 0.3) is 5.91 Å². The lowest BCUT2D eigenvalue weighted by Crippen LogP contribution is -2.36. The van der Waals surface area contributed by atoms with Gasteiger partial charge in [0, 0.05) is 5.56 Å². The molecule has 0 fully saturated rings. The number of hydrogen-bond donors (Lipinski definition) is 1. The average molecular weight is 434 g/mol. The molecular weight excluding hydrogens is 402 g/mol. The van der Waals surface area contributed by atoms with E-state index < -0.39 is 6.10 Å². The standard InChI is InChI=1S/C26H31N3O3/c1-17(31-22-11-7-9-18-8-5-6-10-21(18)22)25(30)27-16-23-28-24(29-32-23)19-12-14-20(15-13-19)26(2,3)4/h7,9,11-15,17H,5-6,8,10,16H2,1-4H3,(H,27,30)/t17-/m1/s1. The molecule has 168 valence electrons. The second-order valence-electron chi connectivity index (χ2n) is 9.42. The fraction of sp³-hybridized carbons (Fsp3) is 0.423. The smallest absolute Gasteiger partial charge is 0.261 e. The highest BCUT2D eigenvalue weighted by atomic mass is 16.5. The predicted octanol–water partition coefficient (Wildman–Crippen LogP) is 5.00. The molecule has 6 heteroatoms. The summed E-state index contributed by atoms with van der Waals surface area (Å²) in [5.41, 5.74) is 4.77. The molecule has 2 aromatic carbocycles. The van der Waals surface area contributed by atoms with Gasteiger partial charge >= 0.3 is 0 Å². The molecule has 1 atom stereocenters. The Morgan fingerprint density at radius 3 is 2.62 bits per heavy atom. The van der Waals surface area contributed by atoms with Crippen LogP contribution in [0.4, 0.5) is 0 Å². The molecule has 0 saturated carbocycles. The van der Waals surface area contributed by atoms with Crippen molar-refractivity contribution in [2.45, 2.75) is 71.4 Å². The quantitative estimate of drug-likeness (QED) is 0.592. The molecule has 0 spiro atoms. The highest BCUT2D eigenvalue weighted by Gasteiger charge is 2.20. The molecule has 1 aliphatic carbocycles. The van der Waals surface area contributed by atoms with Gasteiger partial charge in [0.1, 0.15) is 5.75 Å². The maximum atomic E-state index is 12.6. The molecule has 1 N–H and O–H groups in total. The summed E-state index contributed by atoms with van der Waals surface area (Å²) in [5, 5.41) is 6.88. The summed E-state index contributed by atoms with van der Waals surface area (Å²) in [7, 11) is 0. The van der Waals surface area contributed by atoms with Gasteiger partial charge in [-0.1, -0.05) is 62.3 Å². The zero-order chi connectivity index (χ0) is 22.7. The normalized spacial score (nSPS) is 14.5. The molecule has 0 aliphatic heterocycles. The van der Waals surface area contributed by atoms with Crippen molar-refractivity contribution in [3.05, 3.63) is 65.0 Å². The zero-order valence-electron chi connectivity index (χ0n) is 19.3. The number of carbonyl (C=O) groups is 1. The van der Waals surface area contributed by atoms with Crippen molar-refractivity contribution in [1.29, 1.82) is 0 Å². The van der Waals surface area contributed by atoms with Crippen LogP contribution in [0.15, 0.2) is 47.0 Å². The summed E-state index contributed by atoms with van der Waals surface area (Å²) in [6, 6.07) is 14.2. The van der Waals surface area contributed by atoms with Gasteiger partial charge in [-0.15, -0.1) is 0 Å². The van der Waals surface area contributed by atoms with Crippen molar-refractivity contribution in [3.8, 4) is 17.1 Å². The van der Waals surface area contributed by atoms with E-state index in [4.69, 9.17) is 9.26 Å². The monoisotopic (exact) mass is 433 g/mol. The van der Waals surface area contributed by atoms with Crippen LogP contribution in [0.25, 0.3) is 11.4 Å². The Morgan fingerprint density at radius 2 is 1.88 bits per heavy atom. The van der Waals surface area contributed by atoms with E-state index in [1.54, 1.807) is 6.92 Å².